The van der Waals surface area contributed by atoms with Gasteiger partial charge in [0.1, 0.15) is 0 Å². The van der Waals surface area contributed by atoms with Crippen molar-refractivity contribution in [3.05, 3.63) is 53.3 Å². The molecule has 4 heterocycles. The Balaban J connectivity index is 1.48. The summed E-state index contributed by atoms with van der Waals surface area (Å²) >= 11 is 0. The van der Waals surface area contributed by atoms with Crippen LogP contribution in [0.5, 0.6) is 5.88 Å². The highest BCUT2D eigenvalue weighted by atomic mass is 16.5. The Hall–Kier alpha value is -3.68. The first-order chi connectivity index (χ1) is 17.4. The Morgan fingerprint density at radius 3 is 2.78 bits per heavy atom. The Kier molecular flexibility index (Phi) is 5.54. The van der Waals surface area contributed by atoms with Gasteiger partial charge in [-0.2, -0.15) is 5.10 Å². The monoisotopic (exact) mass is 484 g/mol. The van der Waals surface area contributed by atoms with Crippen LogP contribution in [-0.4, -0.2) is 36.8 Å². The van der Waals surface area contributed by atoms with Crippen molar-refractivity contribution < 1.29 is 9.53 Å². The molecule has 0 spiro atoms. The summed E-state index contributed by atoms with van der Waals surface area (Å²) in [6, 6.07) is 10.0. The van der Waals surface area contributed by atoms with Gasteiger partial charge >= 0.3 is 0 Å². The number of carbonyl (C=O) groups is 1. The fraction of sp³-hybridized carbons (Fsp3) is 0.429. The fourth-order valence-electron chi connectivity index (χ4n) is 5.61. The molecule has 1 N–H and O–H groups in total. The summed E-state index contributed by atoms with van der Waals surface area (Å²) in [5, 5.41) is 7.54. The van der Waals surface area contributed by atoms with Crippen molar-refractivity contribution in [2.24, 2.45) is 18.9 Å². The van der Waals surface area contributed by atoms with Crippen LogP contribution in [0.25, 0.3) is 22.3 Å². The lowest BCUT2D eigenvalue weighted by atomic mass is 10.0. The second-order valence-electron chi connectivity index (χ2n) is 10.6. The number of hydrogen-bond acceptors (Lipinski definition) is 5. The first-order valence-corrected chi connectivity index (χ1v) is 12.8. The topological polar surface area (TPSA) is 86.9 Å². The number of ether oxygens (including phenoxy) is 1. The molecular formula is C28H32N6O2. The first kappa shape index (κ1) is 22.8. The van der Waals surface area contributed by atoms with E-state index in [0.29, 0.717) is 47.4 Å². The molecule has 0 saturated heterocycles. The smallest absolute Gasteiger partial charge is 0.258 e. The van der Waals surface area contributed by atoms with Crippen LogP contribution in [0.1, 0.15) is 60.6 Å². The van der Waals surface area contributed by atoms with Crippen molar-refractivity contribution >= 4 is 22.9 Å². The van der Waals surface area contributed by atoms with E-state index in [1.54, 1.807) is 16.9 Å². The van der Waals surface area contributed by atoms with Gasteiger partial charge in [-0.1, -0.05) is 19.9 Å². The summed E-state index contributed by atoms with van der Waals surface area (Å²) in [5.41, 5.74) is 6.01. The van der Waals surface area contributed by atoms with Crippen molar-refractivity contribution in [3.63, 3.8) is 0 Å². The van der Waals surface area contributed by atoms with Crippen LogP contribution < -0.4 is 10.1 Å². The van der Waals surface area contributed by atoms with E-state index in [1.807, 2.05) is 20.0 Å². The molecule has 4 aromatic rings. The van der Waals surface area contributed by atoms with Gasteiger partial charge in [0.25, 0.3) is 5.91 Å². The van der Waals surface area contributed by atoms with Gasteiger partial charge in [0.15, 0.2) is 0 Å². The molecule has 0 radical (unpaired) electrons. The maximum Gasteiger partial charge on any atom is 0.258 e. The van der Waals surface area contributed by atoms with Crippen LogP contribution in [0, 0.1) is 18.8 Å². The van der Waals surface area contributed by atoms with Crippen molar-refractivity contribution in [1.82, 2.24) is 24.3 Å². The summed E-state index contributed by atoms with van der Waals surface area (Å²) < 4.78 is 10.3. The van der Waals surface area contributed by atoms with E-state index in [2.05, 4.69) is 47.0 Å². The Bertz CT molecular complexity index is 1470. The van der Waals surface area contributed by atoms with E-state index < -0.39 is 0 Å². The van der Waals surface area contributed by atoms with Crippen molar-refractivity contribution in [2.75, 3.05) is 11.9 Å². The molecule has 1 aliphatic heterocycles. The average molecular weight is 485 g/mol. The number of aromatic nitrogens is 5. The number of nitrogens with zero attached hydrogens (tertiary/aromatic N) is 5. The van der Waals surface area contributed by atoms with Crippen LogP contribution in [0.3, 0.4) is 0 Å². The maximum atomic E-state index is 13.5. The second-order valence-corrected chi connectivity index (χ2v) is 10.6. The number of rotatable bonds is 1. The normalized spacial score (nSPS) is 19.9. The minimum atomic E-state index is -0.201. The summed E-state index contributed by atoms with van der Waals surface area (Å²) in [6.07, 6.45) is 5.09. The Morgan fingerprint density at radius 1 is 1.11 bits per heavy atom. The first-order valence-electron chi connectivity index (χ1n) is 12.8. The zero-order valence-electron chi connectivity index (χ0n) is 21.3. The predicted octanol–water partition coefficient (Wildman–Crippen LogP) is 5.32. The molecule has 8 heteroatoms. The largest absolute Gasteiger partial charge is 0.477 e. The molecule has 8 nitrogen and oxygen atoms in total. The molecule has 1 amide bonds. The zero-order chi connectivity index (χ0) is 25.0. The number of fused-ring (bicyclic) bond motifs is 9. The van der Waals surface area contributed by atoms with Gasteiger partial charge in [-0.15, -0.1) is 0 Å². The Labute approximate surface area is 210 Å². The number of nitrogens with one attached hydrogen (secondary N) is 1. The molecule has 0 unspecified atom stereocenters. The van der Waals surface area contributed by atoms with Crippen molar-refractivity contribution in [2.45, 2.75) is 52.5 Å². The van der Waals surface area contributed by atoms with Gasteiger partial charge in [0.05, 0.1) is 35.1 Å². The summed E-state index contributed by atoms with van der Waals surface area (Å²) in [5.74, 6) is 2.48. The number of carbonyl (C=O) groups excluding carboxylic acids is 1. The minimum absolute atomic E-state index is 0.201. The lowest BCUT2D eigenvalue weighted by Gasteiger charge is -2.16. The zero-order valence-corrected chi connectivity index (χ0v) is 21.3. The van der Waals surface area contributed by atoms with Gasteiger partial charge < -0.3 is 9.30 Å². The molecule has 36 heavy (non-hydrogen) atoms. The van der Waals surface area contributed by atoms with Gasteiger partial charge in [-0.05, 0) is 73.8 Å². The highest BCUT2D eigenvalue weighted by molar-refractivity contribution is 6.04. The van der Waals surface area contributed by atoms with Crippen LogP contribution in [0.15, 0.2) is 36.5 Å². The molecule has 1 aromatic carbocycles. The second kappa shape index (κ2) is 8.76. The SMILES string of the molecule is Cc1cc2cc(n1)-c1cnn(C)c1OC[C@@H]1CC[C@@H](C1)Cn1c(nc3ccc(C(C)C)cc31)NC2=O. The average Bonchev–Trinajstić information content (AvgIpc) is 3.54. The standard InChI is InChI=1S/C28H32N6O2/c1-16(2)20-7-8-23-25(12-20)34-14-18-5-6-19(10-18)15-36-27-22(13-29-33(27)4)24-11-21(9-17(3)30-24)26(35)32-28(34)31-23/h7-9,11-13,16,18-19H,5-6,10,14-15H2,1-4H3,(H,31,32,35)/t18-,19+/m0/s1. The molecular weight excluding hydrogens is 452 g/mol. The third-order valence-electron chi connectivity index (χ3n) is 7.59. The van der Waals surface area contributed by atoms with E-state index in [4.69, 9.17) is 14.7 Å². The maximum absolute atomic E-state index is 13.5. The highest BCUT2D eigenvalue weighted by Crippen LogP contribution is 2.36. The molecule has 1 fully saturated rings. The minimum Gasteiger partial charge on any atom is -0.477 e. The number of anilines is 1. The molecule has 6 rings (SSSR count). The number of pyridine rings is 1. The number of amides is 1. The quantitative estimate of drug-likeness (QED) is 0.395. The molecule has 1 aliphatic carbocycles. The lowest BCUT2D eigenvalue weighted by Crippen LogP contribution is -2.18. The van der Waals surface area contributed by atoms with Gasteiger partial charge in [-0.3, -0.25) is 15.1 Å². The molecule has 3 aromatic heterocycles. The van der Waals surface area contributed by atoms with Gasteiger partial charge in [-0.25, -0.2) is 9.67 Å². The summed E-state index contributed by atoms with van der Waals surface area (Å²) in [4.78, 5) is 23.1. The molecule has 2 atom stereocenters. The number of hydrogen-bond donors (Lipinski definition) is 1. The van der Waals surface area contributed by atoms with Gasteiger partial charge in [0, 0.05) is 24.8 Å². The summed E-state index contributed by atoms with van der Waals surface area (Å²) in [7, 11) is 1.88. The van der Waals surface area contributed by atoms with E-state index >= 15 is 0 Å². The molecule has 186 valence electrons. The van der Waals surface area contributed by atoms with E-state index in [9.17, 15) is 4.79 Å². The van der Waals surface area contributed by atoms with Crippen LogP contribution >= 0.6 is 0 Å². The van der Waals surface area contributed by atoms with E-state index in [-0.39, 0.29) is 5.91 Å². The molecule has 4 bridgehead atoms. The number of imidazole rings is 1. The fourth-order valence-corrected chi connectivity index (χ4v) is 5.61. The number of aryl methyl sites for hydroxylation is 2. The van der Waals surface area contributed by atoms with E-state index in [1.165, 1.54) is 5.56 Å². The van der Waals surface area contributed by atoms with Crippen molar-refractivity contribution in [1.29, 1.82) is 0 Å². The van der Waals surface area contributed by atoms with Crippen molar-refractivity contribution in [3.8, 4) is 17.1 Å². The Morgan fingerprint density at radius 2 is 1.94 bits per heavy atom. The highest BCUT2D eigenvalue weighted by Gasteiger charge is 2.29. The van der Waals surface area contributed by atoms with Crippen LogP contribution in [0.2, 0.25) is 0 Å². The summed E-state index contributed by atoms with van der Waals surface area (Å²) in [6.45, 7) is 7.76. The van der Waals surface area contributed by atoms with E-state index in [0.717, 1.165) is 48.1 Å². The molecule has 2 aliphatic rings. The third kappa shape index (κ3) is 4.04. The van der Waals surface area contributed by atoms with Gasteiger partial charge in [0.2, 0.25) is 11.8 Å². The molecule has 1 saturated carbocycles. The van der Waals surface area contributed by atoms with Crippen LogP contribution in [0.4, 0.5) is 5.95 Å². The van der Waals surface area contributed by atoms with Crippen LogP contribution in [-0.2, 0) is 13.6 Å². The predicted molar refractivity (Wildman–Crippen MR) is 139 cm³/mol. The number of benzene rings is 1. The third-order valence-corrected chi connectivity index (χ3v) is 7.59. The lowest BCUT2D eigenvalue weighted by molar-refractivity contribution is 0.102.